The van der Waals surface area contributed by atoms with Crippen molar-refractivity contribution in [2.24, 2.45) is 0 Å². The van der Waals surface area contributed by atoms with E-state index in [0.717, 1.165) is 16.6 Å². The van der Waals surface area contributed by atoms with Crippen LogP contribution in [-0.2, 0) is 0 Å². The van der Waals surface area contributed by atoms with Crippen LogP contribution in [0.2, 0.25) is 16.6 Å². The van der Waals surface area contributed by atoms with Gasteiger partial charge in [-0.1, -0.05) is 58.2 Å². The summed E-state index contributed by atoms with van der Waals surface area (Å²) in [5.41, 5.74) is 2.92. The molecule has 0 atom stereocenters. The van der Waals surface area contributed by atoms with Crippen molar-refractivity contribution in [2.45, 2.75) is 58.2 Å². The van der Waals surface area contributed by atoms with Gasteiger partial charge in [0.15, 0.2) is 0 Å². The van der Waals surface area contributed by atoms with Crippen LogP contribution in [0.4, 0.5) is 0 Å². The van der Waals surface area contributed by atoms with Gasteiger partial charge >= 0.3 is 0 Å². The van der Waals surface area contributed by atoms with Gasteiger partial charge in [0.25, 0.3) is 0 Å². The third-order valence-corrected chi connectivity index (χ3v) is 6.93. The highest BCUT2D eigenvalue weighted by Gasteiger charge is 2.22. The number of rotatable bonds is 3. The van der Waals surface area contributed by atoms with Gasteiger partial charge in [0.05, 0.1) is 0 Å². The molecule has 0 bridgehead atoms. The highest BCUT2D eigenvalue weighted by molar-refractivity contribution is 6.63. The molecule has 0 radical (unpaired) electrons. The Hall–Kier alpha value is 0.507. The van der Waals surface area contributed by atoms with E-state index in [1.807, 2.05) is 0 Å². The van der Waals surface area contributed by atoms with Crippen LogP contribution in [0.5, 0.6) is 0 Å². The van der Waals surface area contributed by atoms with Crippen molar-refractivity contribution < 1.29 is 12.4 Å². The highest BCUT2D eigenvalue weighted by Crippen LogP contribution is 2.28. The molecule has 0 heterocycles. The summed E-state index contributed by atoms with van der Waals surface area (Å²) in [6, 6.07) is 0. The summed E-state index contributed by atoms with van der Waals surface area (Å²) in [7, 11) is -0.454. The molecule has 0 aromatic rings. The Balaban J connectivity index is 0. The summed E-state index contributed by atoms with van der Waals surface area (Å²) in [4.78, 5) is 0. The predicted molar refractivity (Wildman–Crippen MR) is 52.4 cm³/mol. The number of hydrogen-bond acceptors (Lipinski definition) is 0. The molecular formula is C9H22ClSi-. The molecule has 0 aromatic carbocycles. The quantitative estimate of drug-likeness (QED) is 0.572. The lowest BCUT2D eigenvalue weighted by Gasteiger charge is -2.26. The Kier molecular flexibility index (Phi) is 7.76. The van der Waals surface area contributed by atoms with Crippen molar-refractivity contribution in [2.75, 3.05) is 0 Å². The van der Waals surface area contributed by atoms with Gasteiger partial charge in [-0.15, -0.1) is 0 Å². The fourth-order valence-electron chi connectivity index (χ4n) is 2.31. The molecule has 0 unspecified atom stereocenters. The van der Waals surface area contributed by atoms with E-state index >= 15 is 0 Å². The summed E-state index contributed by atoms with van der Waals surface area (Å²) in [6.07, 6.45) is 0. The Morgan fingerprint density at radius 1 is 0.636 bits per heavy atom. The van der Waals surface area contributed by atoms with E-state index < -0.39 is 8.80 Å². The first-order valence-corrected chi connectivity index (χ1v) is 6.46. The van der Waals surface area contributed by atoms with Crippen molar-refractivity contribution in [3.8, 4) is 0 Å². The van der Waals surface area contributed by atoms with Crippen LogP contribution in [0.25, 0.3) is 0 Å². The molecule has 0 nitrogen and oxygen atoms in total. The zero-order valence-corrected chi connectivity index (χ0v) is 10.6. The summed E-state index contributed by atoms with van der Waals surface area (Å²) in [5, 5.41) is 0. The molecule has 0 aliphatic heterocycles. The van der Waals surface area contributed by atoms with Crippen molar-refractivity contribution in [1.29, 1.82) is 0 Å². The molecule has 0 saturated carbocycles. The zero-order valence-electron chi connectivity index (χ0n) is 8.69. The molecule has 2 heteroatoms. The molecule has 0 aromatic heterocycles. The number of hydrogen-bond donors (Lipinski definition) is 0. The summed E-state index contributed by atoms with van der Waals surface area (Å²) < 4.78 is 0. The van der Waals surface area contributed by atoms with Crippen LogP contribution in [0, 0.1) is 0 Å². The van der Waals surface area contributed by atoms with E-state index in [9.17, 15) is 0 Å². The summed E-state index contributed by atoms with van der Waals surface area (Å²) >= 11 is 0. The van der Waals surface area contributed by atoms with Crippen LogP contribution in [-0.4, -0.2) is 8.80 Å². The SMILES string of the molecule is CC(C)[SiH](C(C)C)C(C)C.[Cl-]. The van der Waals surface area contributed by atoms with Crippen molar-refractivity contribution in [1.82, 2.24) is 0 Å². The van der Waals surface area contributed by atoms with Crippen LogP contribution in [0.3, 0.4) is 0 Å². The molecule has 0 N–H and O–H groups in total. The van der Waals surface area contributed by atoms with Gasteiger partial charge in [0.2, 0.25) is 0 Å². The van der Waals surface area contributed by atoms with E-state index in [1.54, 1.807) is 0 Å². The normalized spacial score (nSPS) is 11.5. The lowest BCUT2D eigenvalue weighted by atomic mass is 10.5. The maximum absolute atomic E-state index is 2.39. The van der Waals surface area contributed by atoms with Gasteiger partial charge in [-0.2, -0.15) is 0 Å². The topological polar surface area (TPSA) is 0 Å². The molecule has 0 amide bonds. The molecule has 0 aliphatic rings. The first kappa shape index (κ1) is 14.1. The standard InChI is InChI=1S/C9H22Si.ClH/c1-7(2)10(8(3)4)9(5)6;/h7-10H,1-6H3;1H/p-1. The Morgan fingerprint density at radius 2 is 0.818 bits per heavy atom. The molecule has 0 aliphatic carbocycles. The minimum absolute atomic E-state index is 0. The van der Waals surface area contributed by atoms with Crippen molar-refractivity contribution >= 4 is 8.80 Å². The van der Waals surface area contributed by atoms with Gasteiger partial charge in [-0.05, 0) is 0 Å². The lowest BCUT2D eigenvalue weighted by molar-refractivity contribution is -0.00000257. The average Bonchev–Trinajstić information content (AvgIpc) is 1.59. The van der Waals surface area contributed by atoms with Gasteiger partial charge in [-0.25, -0.2) is 0 Å². The second-order valence-electron chi connectivity index (χ2n) is 4.31. The van der Waals surface area contributed by atoms with Crippen molar-refractivity contribution in [3.05, 3.63) is 0 Å². The lowest BCUT2D eigenvalue weighted by Crippen LogP contribution is -3.00. The van der Waals surface area contributed by atoms with E-state index in [0.29, 0.717) is 0 Å². The molecule has 11 heavy (non-hydrogen) atoms. The largest absolute Gasteiger partial charge is 1.00 e. The van der Waals surface area contributed by atoms with Gasteiger partial charge in [0.1, 0.15) is 0 Å². The minimum Gasteiger partial charge on any atom is -1.00 e. The molecule has 0 fully saturated rings. The molecule has 0 rings (SSSR count). The monoisotopic (exact) mass is 193 g/mol. The van der Waals surface area contributed by atoms with Crippen LogP contribution in [0.15, 0.2) is 0 Å². The molecule has 70 valence electrons. The first-order chi connectivity index (χ1) is 4.46. The highest BCUT2D eigenvalue weighted by atomic mass is 35.5. The van der Waals surface area contributed by atoms with Crippen molar-refractivity contribution in [3.63, 3.8) is 0 Å². The van der Waals surface area contributed by atoms with E-state index in [2.05, 4.69) is 41.5 Å². The Bertz CT molecular complexity index is 70.5. The van der Waals surface area contributed by atoms with Crippen LogP contribution in [0.1, 0.15) is 41.5 Å². The fourth-order valence-corrected chi connectivity index (χ4v) is 6.93. The maximum atomic E-state index is 2.39. The molecular weight excluding hydrogens is 172 g/mol. The van der Waals surface area contributed by atoms with E-state index in [1.165, 1.54) is 0 Å². The van der Waals surface area contributed by atoms with Gasteiger partial charge in [0, 0.05) is 8.80 Å². The van der Waals surface area contributed by atoms with Crippen LogP contribution >= 0.6 is 0 Å². The third kappa shape index (κ3) is 4.86. The Labute approximate surface area is 79.8 Å². The zero-order chi connectivity index (χ0) is 8.31. The smallest absolute Gasteiger partial charge is 0.0445 e. The second-order valence-corrected chi connectivity index (χ2v) is 9.46. The van der Waals surface area contributed by atoms with Gasteiger partial charge < -0.3 is 12.4 Å². The maximum Gasteiger partial charge on any atom is 0.0445 e. The minimum atomic E-state index is -0.454. The summed E-state index contributed by atoms with van der Waals surface area (Å²) in [5.74, 6) is 0. The summed E-state index contributed by atoms with van der Waals surface area (Å²) in [6.45, 7) is 14.3. The predicted octanol–water partition coefficient (Wildman–Crippen LogP) is 0.448. The average molecular weight is 194 g/mol. The van der Waals surface area contributed by atoms with E-state index in [4.69, 9.17) is 0 Å². The number of halogens is 1. The second kappa shape index (κ2) is 6.07. The Morgan fingerprint density at radius 3 is 0.818 bits per heavy atom. The van der Waals surface area contributed by atoms with E-state index in [-0.39, 0.29) is 12.4 Å². The van der Waals surface area contributed by atoms with Crippen LogP contribution < -0.4 is 12.4 Å². The molecule has 0 spiro atoms. The van der Waals surface area contributed by atoms with Gasteiger partial charge in [-0.3, -0.25) is 0 Å². The third-order valence-electron chi connectivity index (χ3n) is 2.31. The fraction of sp³-hybridized carbons (Fsp3) is 1.00. The molecule has 0 saturated heterocycles. The first-order valence-electron chi connectivity index (χ1n) is 4.46.